The summed E-state index contributed by atoms with van der Waals surface area (Å²) < 4.78 is 5.87. The molecule has 2 aliphatic heterocycles. The maximum absolute atomic E-state index is 12.5. The first-order valence-electron chi connectivity index (χ1n) is 10.5. The van der Waals surface area contributed by atoms with Crippen LogP contribution in [0, 0.1) is 5.92 Å². The van der Waals surface area contributed by atoms with Gasteiger partial charge in [-0.15, -0.1) is 0 Å². The van der Waals surface area contributed by atoms with Crippen molar-refractivity contribution in [3.63, 3.8) is 0 Å². The van der Waals surface area contributed by atoms with Crippen LogP contribution in [0.15, 0.2) is 54.6 Å². The Morgan fingerprint density at radius 1 is 1.07 bits per heavy atom. The third kappa shape index (κ3) is 4.49. The van der Waals surface area contributed by atoms with E-state index in [0.717, 1.165) is 43.6 Å². The lowest BCUT2D eigenvalue weighted by Crippen LogP contribution is -2.45. The number of ether oxygens (including phenoxy) is 1. The minimum atomic E-state index is -0.897. The maximum Gasteiger partial charge on any atom is 0.410 e. The largest absolute Gasteiger partial charge is 0.478 e. The van der Waals surface area contributed by atoms with E-state index >= 15 is 0 Å². The average Bonchev–Trinajstić information content (AvgIpc) is 3.03. The number of carboxylic acids is 1. The zero-order chi connectivity index (χ0) is 21.1. The topological polar surface area (TPSA) is 70.1 Å². The lowest BCUT2D eigenvalue weighted by molar-refractivity contribution is -0.00713. The molecule has 2 aromatic rings. The molecule has 0 aliphatic carbocycles. The maximum atomic E-state index is 12.5. The molecule has 2 aromatic carbocycles. The number of aromatic carboxylic acids is 1. The number of nitrogens with zero attached hydrogens (tertiary/aromatic N) is 2. The summed E-state index contributed by atoms with van der Waals surface area (Å²) in [6, 6.07) is 17.1. The second-order valence-electron chi connectivity index (χ2n) is 8.58. The van der Waals surface area contributed by atoms with Gasteiger partial charge in [0.1, 0.15) is 5.60 Å². The van der Waals surface area contributed by atoms with E-state index in [2.05, 4.69) is 11.8 Å². The first-order valence-corrected chi connectivity index (χ1v) is 10.5. The molecule has 2 heterocycles. The molecule has 0 unspecified atom stereocenters. The summed E-state index contributed by atoms with van der Waals surface area (Å²) in [6.07, 6.45) is 1.69. The Morgan fingerprint density at radius 3 is 2.47 bits per heavy atom. The summed E-state index contributed by atoms with van der Waals surface area (Å²) in [5, 5.41) is 9.18. The van der Waals surface area contributed by atoms with Gasteiger partial charge in [-0.05, 0) is 56.1 Å². The van der Waals surface area contributed by atoms with E-state index in [4.69, 9.17) is 4.74 Å². The van der Waals surface area contributed by atoms with Gasteiger partial charge in [0, 0.05) is 19.0 Å². The van der Waals surface area contributed by atoms with Crippen molar-refractivity contribution in [2.75, 3.05) is 19.6 Å². The molecule has 2 saturated heterocycles. The Balaban J connectivity index is 1.33. The fourth-order valence-electron chi connectivity index (χ4n) is 4.64. The van der Waals surface area contributed by atoms with Crippen molar-refractivity contribution < 1.29 is 19.4 Å². The predicted octanol–water partition coefficient (Wildman–Crippen LogP) is 4.01. The Labute approximate surface area is 177 Å². The number of hydrogen-bond donors (Lipinski definition) is 1. The van der Waals surface area contributed by atoms with Crippen LogP contribution < -0.4 is 0 Å². The molecule has 0 aromatic heterocycles. The molecular formula is C24H28N2O4. The van der Waals surface area contributed by atoms with Crippen LogP contribution in [0.2, 0.25) is 0 Å². The summed E-state index contributed by atoms with van der Waals surface area (Å²) in [7, 11) is 0. The molecule has 1 amide bonds. The average molecular weight is 408 g/mol. The first kappa shape index (κ1) is 20.4. The van der Waals surface area contributed by atoms with Crippen molar-refractivity contribution >= 4 is 12.1 Å². The predicted molar refractivity (Wildman–Crippen MR) is 113 cm³/mol. The third-order valence-corrected chi connectivity index (χ3v) is 6.33. The molecule has 0 spiro atoms. The van der Waals surface area contributed by atoms with Gasteiger partial charge in [0.2, 0.25) is 0 Å². The zero-order valence-electron chi connectivity index (χ0n) is 17.3. The van der Waals surface area contributed by atoms with Crippen LogP contribution in [0.1, 0.15) is 41.3 Å². The Kier molecular flexibility index (Phi) is 5.77. The number of amides is 1. The molecule has 6 nitrogen and oxygen atoms in total. The summed E-state index contributed by atoms with van der Waals surface area (Å²) >= 11 is 0. The number of carbonyl (C=O) groups is 2. The molecule has 2 fully saturated rings. The molecule has 4 rings (SSSR count). The first-order chi connectivity index (χ1) is 14.4. The van der Waals surface area contributed by atoms with Gasteiger partial charge in [-0.1, -0.05) is 42.5 Å². The van der Waals surface area contributed by atoms with Crippen molar-refractivity contribution in [3.8, 4) is 0 Å². The molecule has 30 heavy (non-hydrogen) atoms. The number of rotatable bonds is 6. The molecule has 158 valence electrons. The van der Waals surface area contributed by atoms with Gasteiger partial charge >= 0.3 is 12.1 Å². The van der Waals surface area contributed by atoms with Crippen molar-refractivity contribution in [1.82, 2.24) is 9.80 Å². The van der Waals surface area contributed by atoms with E-state index in [1.807, 2.05) is 36.4 Å². The van der Waals surface area contributed by atoms with Gasteiger partial charge in [0.05, 0.1) is 12.1 Å². The van der Waals surface area contributed by atoms with E-state index in [0.29, 0.717) is 24.6 Å². The molecule has 1 atom stereocenters. The number of likely N-dealkylation sites (tertiary alicyclic amines) is 1. The zero-order valence-corrected chi connectivity index (χ0v) is 17.3. The second-order valence-corrected chi connectivity index (χ2v) is 8.58. The van der Waals surface area contributed by atoms with Crippen molar-refractivity contribution in [2.24, 2.45) is 5.92 Å². The van der Waals surface area contributed by atoms with Crippen LogP contribution in [0.4, 0.5) is 4.79 Å². The molecular weight excluding hydrogens is 380 g/mol. The van der Waals surface area contributed by atoms with Gasteiger partial charge in [0.15, 0.2) is 0 Å². The van der Waals surface area contributed by atoms with E-state index in [1.165, 1.54) is 0 Å². The van der Waals surface area contributed by atoms with Gasteiger partial charge in [-0.3, -0.25) is 9.80 Å². The van der Waals surface area contributed by atoms with Crippen molar-refractivity contribution in [1.29, 1.82) is 0 Å². The highest BCUT2D eigenvalue weighted by Crippen LogP contribution is 2.37. The molecule has 2 aliphatic rings. The van der Waals surface area contributed by atoms with Gasteiger partial charge in [-0.25, -0.2) is 9.59 Å². The summed E-state index contributed by atoms with van der Waals surface area (Å²) in [5.74, 6) is -0.574. The van der Waals surface area contributed by atoms with Gasteiger partial charge < -0.3 is 9.84 Å². The van der Waals surface area contributed by atoms with Gasteiger partial charge in [0.25, 0.3) is 0 Å². The molecule has 6 heteroatoms. The van der Waals surface area contributed by atoms with Crippen molar-refractivity contribution in [3.05, 3.63) is 71.3 Å². The number of cyclic esters (lactones) is 1. The third-order valence-electron chi connectivity index (χ3n) is 6.33. The van der Waals surface area contributed by atoms with Crippen LogP contribution in [0.25, 0.3) is 0 Å². The van der Waals surface area contributed by atoms with E-state index in [1.54, 1.807) is 23.1 Å². The molecule has 0 bridgehead atoms. The fraction of sp³-hybridized carbons (Fsp3) is 0.417. The number of piperidine rings is 1. The number of hydrogen-bond acceptors (Lipinski definition) is 4. The lowest BCUT2D eigenvalue weighted by atomic mass is 9.81. The summed E-state index contributed by atoms with van der Waals surface area (Å²) in [6.45, 7) is 5.82. The molecule has 0 radical (unpaired) electrons. The standard InChI is InChI=1S/C24H28N2O4/c1-24(17-26(23(29)30-24)16-18-6-3-2-4-7-18)21-10-12-25(13-11-21)15-19-8-5-9-20(14-19)22(27)28/h2-9,14,21H,10-13,15-17H2,1H3,(H,27,28)/t24-/m1/s1. The van der Waals surface area contributed by atoms with E-state index in [-0.39, 0.29) is 6.09 Å². The van der Waals surface area contributed by atoms with Crippen LogP contribution in [-0.4, -0.2) is 52.2 Å². The quantitative estimate of drug-likeness (QED) is 0.782. The second kappa shape index (κ2) is 8.48. The van der Waals surface area contributed by atoms with Crippen LogP contribution in [-0.2, 0) is 17.8 Å². The highest BCUT2D eigenvalue weighted by Gasteiger charge is 2.47. The number of benzene rings is 2. The lowest BCUT2D eigenvalue weighted by Gasteiger charge is -2.39. The summed E-state index contributed by atoms with van der Waals surface area (Å²) in [5.41, 5.74) is 1.99. The highest BCUT2D eigenvalue weighted by molar-refractivity contribution is 5.87. The number of carbonyl (C=O) groups excluding carboxylic acids is 1. The highest BCUT2D eigenvalue weighted by atomic mass is 16.6. The van der Waals surface area contributed by atoms with Crippen LogP contribution >= 0.6 is 0 Å². The Morgan fingerprint density at radius 2 is 1.77 bits per heavy atom. The fourth-order valence-corrected chi connectivity index (χ4v) is 4.64. The molecule has 0 saturated carbocycles. The Bertz CT molecular complexity index is 908. The monoisotopic (exact) mass is 408 g/mol. The van der Waals surface area contributed by atoms with Gasteiger partial charge in [-0.2, -0.15) is 0 Å². The normalized spacial score (nSPS) is 22.8. The minimum absolute atomic E-state index is 0.228. The van der Waals surface area contributed by atoms with E-state index in [9.17, 15) is 14.7 Å². The van der Waals surface area contributed by atoms with Crippen LogP contribution in [0.5, 0.6) is 0 Å². The SMILES string of the molecule is C[C@]1(C2CCN(Cc3cccc(C(=O)O)c3)CC2)CN(Cc2ccccc2)C(=O)O1. The Hall–Kier alpha value is -2.86. The van der Waals surface area contributed by atoms with E-state index < -0.39 is 11.6 Å². The van der Waals surface area contributed by atoms with Crippen LogP contribution in [0.3, 0.4) is 0 Å². The van der Waals surface area contributed by atoms with Crippen molar-refractivity contribution in [2.45, 2.75) is 38.5 Å². The minimum Gasteiger partial charge on any atom is -0.478 e. The smallest absolute Gasteiger partial charge is 0.410 e. The molecule has 1 N–H and O–H groups in total. The number of carboxylic acid groups (broad SMARTS) is 1. The summed E-state index contributed by atoms with van der Waals surface area (Å²) in [4.78, 5) is 27.8.